The molecule has 0 aliphatic rings. The van der Waals surface area contributed by atoms with E-state index in [4.69, 9.17) is 4.18 Å². The van der Waals surface area contributed by atoms with E-state index in [1.807, 2.05) is 33.8 Å². The molecule has 0 aliphatic heterocycles. The normalized spacial score (nSPS) is 15.6. The Hall–Kier alpha value is -0.350. The summed E-state index contributed by atoms with van der Waals surface area (Å²) in [5, 5.41) is 0. The van der Waals surface area contributed by atoms with E-state index in [9.17, 15) is 8.42 Å². The Balaban J connectivity index is 4.35. The molecule has 0 rings (SSSR count). The molecule has 0 fully saturated rings. The topological polar surface area (TPSA) is 43.4 Å². The van der Waals surface area contributed by atoms with Crippen molar-refractivity contribution in [1.82, 2.24) is 0 Å². The maximum atomic E-state index is 11.1. The van der Waals surface area contributed by atoms with Crippen LogP contribution in [0.5, 0.6) is 0 Å². The highest BCUT2D eigenvalue weighted by molar-refractivity contribution is 7.86. The highest BCUT2D eigenvalue weighted by Crippen LogP contribution is 2.27. The molecule has 0 heterocycles. The Kier molecular flexibility index (Phi) is 6.26. The summed E-state index contributed by atoms with van der Waals surface area (Å²) in [4.78, 5) is 0. The van der Waals surface area contributed by atoms with Gasteiger partial charge in [-0.25, -0.2) is 0 Å². The van der Waals surface area contributed by atoms with Crippen molar-refractivity contribution in [2.75, 3.05) is 6.26 Å². The van der Waals surface area contributed by atoms with Crippen LogP contribution in [0, 0.1) is 5.41 Å². The lowest BCUT2D eigenvalue weighted by atomic mass is 9.86. The van der Waals surface area contributed by atoms with Crippen molar-refractivity contribution in [2.45, 2.75) is 53.1 Å². The summed E-state index contributed by atoms with van der Waals surface area (Å²) in [5.41, 5.74) is -0.154. The zero-order chi connectivity index (χ0) is 12.8. The van der Waals surface area contributed by atoms with Crippen molar-refractivity contribution < 1.29 is 12.6 Å². The molecule has 96 valence electrons. The van der Waals surface area contributed by atoms with Gasteiger partial charge >= 0.3 is 0 Å². The molecule has 0 bridgehead atoms. The third-order valence-corrected chi connectivity index (χ3v) is 2.91. The lowest BCUT2D eigenvalue weighted by Gasteiger charge is -2.29. The monoisotopic (exact) mass is 248 g/mol. The Bertz CT molecular complexity index is 310. The summed E-state index contributed by atoms with van der Waals surface area (Å²) in [7, 11) is -3.37. The summed E-state index contributed by atoms with van der Waals surface area (Å²) < 4.78 is 27.4. The Labute approximate surface area is 100 Å². The van der Waals surface area contributed by atoms with E-state index >= 15 is 0 Å². The van der Waals surface area contributed by atoms with Crippen LogP contribution in [-0.2, 0) is 14.3 Å². The fourth-order valence-electron chi connectivity index (χ4n) is 1.42. The maximum absolute atomic E-state index is 11.1. The number of hydrogen-bond acceptors (Lipinski definition) is 3. The third-order valence-electron chi connectivity index (χ3n) is 2.33. The highest BCUT2D eigenvalue weighted by atomic mass is 32.2. The van der Waals surface area contributed by atoms with Crippen LogP contribution in [0.25, 0.3) is 0 Å². The van der Waals surface area contributed by atoms with Crippen molar-refractivity contribution in [2.24, 2.45) is 5.41 Å². The molecule has 0 aromatic rings. The zero-order valence-electron chi connectivity index (χ0n) is 11.0. The van der Waals surface area contributed by atoms with Gasteiger partial charge in [0.2, 0.25) is 0 Å². The summed E-state index contributed by atoms with van der Waals surface area (Å²) >= 11 is 0. The van der Waals surface area contributed by atoms with E-state index in [-0.39, 0.29) is 11.5 Å². The van der Waals surface area contributed by atoms with Gasteiger partial charge < -0.3 is 0 Å². The van der Waals surface area contributed by atoms with Gasteiger partial charge in [-0.2, -0.15) is 8.42 Å². The van der Waals surface area contributed by atoms with E-state index in [0.717, 1.165) is 25.5 Å². The molecule has 1 unspecified atom stereocenters. The molecular weight excluding hydrogens is 224 g/mol. The average Bonchev–Trinajstić information content (AvgIpc) is 2.06. The minimum absolute atomic E-state index is 0.154. The van der Waals surface area contributed by atoms with Gasteiger partial charge in [0.25, 0.3) is 10.1 Å². The fraction of sp³-hybridized carbons (Fsp3) is 0.833. The van der Waals surface area contributed by atoms with E-state index in [1.165, 1.54) is 0 Å². The molecule has 0 radical (unpaired) electrons. The molecule has 3 nitrogen and oxygen atoms in total. The summed E-state index contributed by atoms with van der Waals surface area (Å²) in [5.74, 6) is 0. The molecule has 0 spiro atoms. The summed E-state index contributed by atoms with van der Waals surface area (Å²) in [6.45, 7) is 7.98. The van der Waals surface area contributed by atoms with Crippen LogP contribution in [0.2, 0.25) is 0 Å². The van der Waals surface area contributed by atoms with Crippen molar-refractivity contribution in [3.8, 4) is 0 Å². The van der Waals surface area contributed by atoms with Crippen molar-refractivity contribution in [1.29, 1.82) is 0 Å². The van der Waals surface area contributed by atoms with E-state index in [0.29, 0.717) is 0 Å². The zero-order valence-corrected chi connectivity index (χ0v) is 11.8. The molecule has 0 N–H and O–H groups in total. The predicted octanol–water partition coefficient (Wildman–Crippen LogP) is 3.12. The van der Waals surface area contributed by atoms with Gasteiger partial charge in [0.1, 0.15) is 0 Å². The molecule has 0 saturated heterocycles. The quantitative estimate of drug-likeness (QED) is 0.412. The van der Waals surface area contributed by atoms with Gasteiger partial charge in [-0.1, -0.05) is 32.9 Å². The second kappa shape index (κ2) is 6.40. The summed E-state index contributed by atoms with van der Waals surface area (Å²) in [6, 6.07) is 0. The second-order valence-corrected chi connectivity index (χ2v) is 6.76. The largest absolute Gasteiger partial charge is 0.266 e. The van der Waals surface area contributed by atoms with Crippen LogP contribution in [0.4, 0.5) is 0 Å². The van der Waals surface area contributed by atoms with Crippen LogP contribution in [0.1, 0.15) is 47.0 Å². The SMILES string of the molecule is C/C=C/CCCC(OS(C)(=O)=O)C(C)(C)C. The number of rotatable bonds is 6. The minimum atomic E-state index is -3.37. The number of allylic oxidation sites excluding steroid dienone is 2. The molecule has 0 saturated carbocycles. The van der Waals surface area contributed by atoms with E-state index in [2.05, 4.69) is 6.08 Å². The number of hydrogen-bond donors (Lipinski definition) is 0. The van der Waals surface area contributed by atoms with Crippen LogP contribution < -0.4 is 0 Å². The first kappa shape index (κ1) is 15.7. The standard InChI is InChI=1S/C12H24O3S/c1-6-7-8-9-10-11(12(2,3)4)15-16(5,13)14/h6-7,11H,8-10H2,1-5H3/b7-6+. The molecule has 0 aliphatic carbocycles. The first-order valence-electron chi connectivity index (χ1n) is 5.66. The third kappa shape index (κ3) is 7.88. The van der Waals surface area contributed by atoms with Crippen LogP contribution in [-0.4, -0.2) is 20.8 Å². The molecule has 0 aromatic heterocycles. The predicted molar refractivity (Wildman–Crippen MR) is 67.8 cm³/mol. The smallest absolute Gasteiger partial charge is 0.264 e. The van der Waals surface area contributed by atoms with Crippen LogP contribution in [0.3, 0.4) is 0 Å². The van der Waals surface area contributed by atoms with Gasteiger partial charge in [0.15, 0.2) is 0 Å². The fourth-order valence-corrected chi connectivity index (χ4v) is 2.23. The lowest BCUT2D eigenvalue weighted by Crippen LogP contribution is -2.31. The van der Waals surface area contributed by atoms with Gasteiger partial charge in [0.05, 0.1) is 12.4 Å². The van der Waals surface area contributed by atoms with Gasteiger partial charge in [-0.15, -0.1) is 0 Å². The molecular formula is C12H24O3S. The van der Waals surface area contributed by atoms with Crippen molar-refractivity contribution in [3.63, 3.8) is 0 Å². The minimum Gasteiger partial charge on any atom is -0.266 e. The Morgan fingerprint density at radius 2 is 1.88 bits per heavy atom. The molecule has 1 atom stereocenters. The van der Waals surface area contributed by atoms with E-state index < -0.39 is 10.1 Å². The van der Waals surface area contributed by atoms with Gasteiger partial charge in [-0.3, -0.25) is 4.18 Å². The molecule has 4 heteroatoms. The van der Waals surface area contributed by atoms with Crippen LogP contribution in [0.15, 0.2) is 12.2 Å². The first-order chi connectivity index (χ1) is 7.17. The maximum Gasteiger partial charge on any atom is 0.264 e. The van der Waals surface area contributed by atoms with Crippen molar-refractivity contribution in [3.05, 3.63) is 12.2 Å². The Morgan fingerprint density at radius 3 is 2.25 bits per heavy atom. The van der Waals surface area contributed by atoms with Crippen molar-refractivity contribution >= 4 is 10.1 Å². The lowest BCUT2D eigenvalue weighted by molar-refractivity contribution is 0.0846. The van der Waals surface area contributed by atoms with Gasteiger partial charge in [0, 0.05) is 0 Å². The number of unbranched alkanes of at least 4 members (excludes halogenated alkanes) is 1. The van der Waals surface area contributed by atoms with E-state index in [1.54, 1.807) is 0 Å². The van der Waals surface area contributed by atoms with Crippen LogP contribution >= 0.6 is 0 Å². The highest BCUT2D eigenvalue weighted by Gasteiger charge is 2.28. The average molecular weight is 248 g/mol. The first-order valence-corrected chi connectivity index (χ1v) is 7.48. The molecule has 16 heavy (non-hydrogen) atoms. The Morgan fingerprint density at radius 1 is 1.31 bits per heavy atom. The molecule has 0 amide bonds. The molecule has 0 aromatic carbocycles. The second-order valence-electron chi connectivity index (χ2n) is 5.15. The van der Waals surface area contributed by atoms with Gasteiger partial charge in [-0.05, 0) is 31.6 Å². The summed E-state index contributed by atoms with van der Waals surface area (Å²) in [6.07, 6.45) is 7.63.